The third kappa shape index (κ3) is 3.76. The highest BCUT2D eigenvalue weighted by molar-refractivity contribution is 7.89. The minimum absolute atomic E-state index is 0.0430. The van der Waals surface area contributed by atoms with Crippen molar-refractivity contribution in [3.8, 4) is 5.75 Å². The van der Waals surface area contributed by atoms with E-state index in [1.54, 1.807) is 11.0 Å². The number of hydrogen-bond acceptors (Lipinski definition) is 5. The zero-order valence-corrected chi connectivity index (χ0v) is 15.6. The lowest BCUT2D eigenvalue weighted by molar-refractivity contribution is -0.142. The van der Waals surface area contributed by atoms with Gasteiger partial charge in [-0.2, -0.15) is 4.31 Å². The maximum atomic E-state index is 12.9. The van der Waals surface area contributed by atoms with Gasteiger partial charge in [0.05, 0.1) is 7.11 Å². The first-order valence-electron chi connectivity index (χ1n) is 8.17. The third-order valence-corrected chi connectivity index (χ3v) is 6.65. The van der Waals surface area contributed by atoms with Gasteiger partial charge in [-0.05, 0) is 31.0 Å². The molecule has 0 saturated carbocycles. The first-order chi connectivity index (χ1) is 11.9. The molecule has 1 atom stereocenters. The fourth-order valence-electron chi connectivity index (χ4n) is 3.12. The van der Waals surface area contributed by atoms with Crippen molar-refractivity contribution in [1.82, 2.24) is 9.21 Å². The summed E-state index contributed by atoms with van der Waals surface area (Å²) in [5, 5.41) is 0.326. The van der Waals surface area contributed by atoms with Gasteiger partial charge in [-0.25, -0.2) is 8.42 Å². The normalized spacial score (nSPS) is 22.2. The summed E-state index contributed by atoms with van der Waals surface area (Å²) in [6, 6.07) is 4.50. The number of amides is 1. The van der Waals surface area contributed by atoms with Crippen LogP contribution >= 0.6 is 11.6 Å². The second-order valence-corrected chi connectivity index (χ2v) is 8.37. The van der Waals surface area contributed by atoms with Crippen LogP contribution in [0.15, 0.2) is 23.1 Å². The quantitative estimate of drug-likeness (QED) is 0.778. The number of rotatable bonds is 4. The molecule has 1 unspecified atom stereocenters. The van der Waals surface area contributed by atoms with E-state index in [2.05, 4.69) is 0 Å². The summed E-state index contributed by atoms with van der Waals surface area (Å²) >= 11 is 5.95. The van der Waals surface area contributed by atoms with Crippen LogP contribution in [-0.2, 0) is 19.6 Å². The number of halogens is 1. The molecule has 1 amide bonds. The van der Waals surface area contributed by atoms with Gasteiger partial charge in [0.25, 0.3) is 5.91 Å². The van der Waals surface area contributed by atoms with E-state index in [-0.39, 0.29) is 35.7 Å². The van der Waals surface area contributed by atoms with Gasteiger partial charge in [-0.1, -0.05) is 11.6 Å². The molecule has 1 aromatic rings. The molecular formula is C16H21ClN2O5S. The summed E-state index contributed by atoms with van der Waals surface area (Å²) in [7, 11) is -2.32. The third-order valence-electron chi connectivity index (χ3n) is 4.50. The number of hydrogen-bond donors (Lipinski definition) is 0. The average molecular weight is 389 g/mol. The van der Waals surface area contributed by atoms with Crippen LogP contribution in [0.5, 0.6) is 5.75 Å². The Bertz CT molecular complexity index is 741. The highest BCUT2D eigenvalue weighted by Gasteiger charge is 2.35. The van der Waals surface area contributed by atoms with E-state index < -0.39 is 10.0 Å². The van der Waals surface area contributed by atoms with Gasteiger partial charge in [-0.3, -0.25) is 4.79 Å². The van der Waals surface area contributed by atoms with Crippen molar-refractivity contribution >= 4 is 27.5 Å². The Kier molecular flexibility index (Phi) is 5.52. The smallest absolute Gasteiger partial charge is 0.251 e. The van der Waals surface area contributed by atoms with Crippen LogP contribution in [-0.4, -0.2) is 69.5 Å². The van der Waals surface area contributed by atoms with Crippen molar-refractivity contribution in [2.24, 2.45) is 0 Å². The number of methoxy groups -OCH3 is 1. The van der Waals surface area contributed by atoms with Crippen molar-refractivity contribution in [2.45, 2.75) is 23.8 Å². The number of benzene rings is 1. The Morgan fingerprint density at radius 2 is 2.00 bits per heavy atom. The van der Waals surface area contributed by atoms with Crippen LogP contribution in [0.25, 0.3) is 0 Å². The number of carbonyl (C=O) groups is 1. The van der Waals surface area contributed by atoms with Crippen molar-refractivity contribution in [3.05, 3.63) is 23.2 Å². The Balaban J connectivity index is 1.71. The predicted molar refractivity (Wildman–Crippen MR) is 92.3 cm³/mol. The molecule has 2 aliphatic rings. The Labute approximate surface area is 152 Å². The molecule has 2 saturated heterocycles. The van der Waals surface area contributed by atoms with Crippen LogP contribution in [0.3, 0.4) is 0 Å². The second kappa shape index (κ2) is 7.49. The fraction of sp³-hybridized carbons (Fsp3) is 0.562. The van der Waals surface area contributed by atoms with Crippen LogP contribution in [0.4, 0.5) is 0 Å². The van der Waals surface area contributed by atoms with Gasteiger partial charge in [0.15, 0.2) is 0 Å². The molecule has 3 rings (SSSR count). The molecule has 2 fully saturated rings. The molecule has 0 radical (unpaired) electrons. The second-order valence-electron chi connectivity index (χ2n) is 6.03. The maximum absolute atomic E-state index is 12.9. The molecule has 25 heavy (non-hydrogen) atoms. The zero-order valence-electron chi connectivity index (χ0n) is 14.0. The topological polar surface area (TPSA) is 76.2 Å². The Hall–Kier alpha value is -1.35. The number of nitrogens with zero attached hydrogens (tertiary/aromatic N) is 2. The highest BCUT2D eigenvalue weighted by atomic mass is 35.5. The molecule has 0 aromatic heterocycles. The molecular weight excluding hydrogens is 368 g/mol. The fourth-order valence-corrected chi connectivity index (χ4v) is 4.96. The number of piperazine rings is 1. The summed E-state index contributed by atoms with van der Waals surface area (Å²) in [5.41, 5.74) is 0. The molecule has 9 heteroatoms. The van der Waals surface area contributed by atoms with Gasteiger partial charge >= 0.3 is 0 Å². The van der Waals surface area contributed by atoms with Crippen LogP contribution in [0.2, 0.25) is 5.02 Å². The van der Waals surface area contributed by atoms with E-state index >= 15 is 0 Å². The summed E-state index contributed by atoms with van der Waals surface area (Å²) in [5.74, 6) is 0.206. The summed E-state index contributed by atoms with van der Waals surface area (Å²) in [6.45, 7) is 1.77. The molecule has 2 heterocycles. The first-order valence-corrected chi connectivity index (χ1v) is 9.99. The van der Waals surface area contributed by atoms with Crippen molar-refractivity contribution in [3.63, 3.8) is 0 Å². The van der Waals surface area contributed by atoms with E-state index in [0.717, 1.165) is 12.8 Å². The average Bonchev–Trinajstić information content (AvgIpc) is 3.16. The highest BCUT2D eigenvalue weighted by Crippen LogP contribution is 2.30. The molecule has 0 N–H and O–H groups in total. The molecule has 0 bridgehead atoms. The van der Waals surface area contributed by atoms with E-state index in [0.29, 0.717) is 24.7 Å². The van der Waals surface area contributed by atoms with Crippen molar-refractivity contribution in [2.75, 3.05) is 39.9 Å². The predicted octanol–water partition coefficient (Wildman–Crippen LogP) is 1.36. The molecule has 0 aliphatic carbocycles. The number of carbonyl (C=O) groups excluding carboxylic acids is 1. The SMILES string of the molecule is COc1ccc(Cl)cc1S(=O)(=O)N1CCN(C(=O)C2CCCO2)CC1. The summed E-state index contributed by atoms with van der Waals surface area (Å²) < 4.78 is 37.8. The van der Waals surface area contributed by atoms with Crippen molar-refractivity contribution in [1.29, 1.82) is 0 Å². The van der Waals surface area contributed by atoms with Gasteiger partial charge in [0, 0.05) is 37.8 Å². The Morgan fingerprint density at radius 1 is 1.28 bits per heavy atom. The lowest BCUT2D eigenvalue weighted by atomic mass is 10.2. The zero-order chi connectivity index (χ0) is 18.0. The molecule has 138 valence electrons. The number of sulfonamides is 1. The maximum Gasteiger partial charge on any atom is 0.251 e. The largest absolute Gasteiger partial charge is 0.495 e. The van der Waals surface area contributed by atoms with Gasteiger partial charge in [0.2, 0.25) is 10.0 Å². The summed E-state index contributed by atoms with van der Waals surface area (Å²) in [4.78, 5) is 14.1. The van der Waals surface area contributed by atoms with E-state index in [9.17, 15) is 13.2 Å². The number of ether oxygens (including phenoxy) is 2. The van der Waals surface area contributed by atoms with Gasteiger partial charge in [-0.15, -0.1) is 0 Å². The monoisotopic (exact) mass is 388 g/mol. The van der Waals surface area contributed by atoms with Crippen LogP contribution < -0.4 is 4.74 Å². The summed E-state index contributed by atoms with van der Waals surface area (Å²) in [6.07, 6.45) is 1.24. The van der Waals surface area contributed by atoms with Crippen LogP contribution in [0, 0.1) is 0 Å². The standard InChI is InChI=1S/C16H21ClN2O5S/c1-23-13-5-4-12(17)11-15(13)25(21,22)19-8-6-18(7-9-19)16(20)14-3-2-10-24-14/h4-5,11,14H,2-3,6-10H2,1H3. The van der Waals surface area contributed by atoms with E-state index in [1.165, 1.54) is 23.5 Å². The minimum Gasteiger partial charge on any atom is -0.495 e. The van der Waals surface area contributed by atoms with Crippen LogP contribution in [0.1, 0.15) is 12.8 Å². The van der Waals surface area contributed by atoms with E-state index in [1.807, 2.05) is 0 Å². The van der Waals surface area contributed by atoms with Crippen molar-refractivity contribution < 1.29 is 22.7 Å². The molecule has 1 aromatic carbocycles. The molecule has 7 nitrogen and oxygen atoms in total. The minimum atomic E-state index is -3.74. The first kappa shape index (κ1) is 18.4. The van der Waals surface area contributed by atoms with E-state index in [4.69, 9.17) is 21.1 Å². The molecule has 2 aliphatic heterocycles. The lowest BCUT2D eigenvalue weighted by Crippen LogP contribution is -2.52. The lowest BCUT2D eigenvalue weighted by Gasteiger charge is -2.35. The van der Waals surface area contributed by atoms with Gasteiger partial charge in [0.1, 0.15) is 16.7 Å². The molecule has 0 spiro atoms. The Morgan fingerprint density at radius 3 is 2.60 bits per heavy atom. The van der Waals surface area contributed by atoms with Gasteiger partial charge < -0.3 is 14.4 Å².